The van der Waals surface area contributed by atoms with Gasteiger partial charge >= 0.3 is 5.97 Å². The van der Waals surface area contributed by atoms with Gasteiger partial charge in [0.1, 0.15) is 11.4 Å². The van der Waals surface area contributed by atoms with E-state index in [2.05, 4.69) is 14.7 Å². The maximum Gasteiger partial charge on any atom is 0.343 e. The molecule has 7 heteroatoms. The van der Waals surface area contributed by atoms with E-state index in [1.165, 1.54) is 13.3 Å². The van der Waals surface area contributed by atoms with E-state index in [0.29, 0.717) is 21.4 Å². The largest absolute Gasteiger partial charge is 0.465 e. The summed E-state index contributed by atoms with van der Waals surface area (Å²) in [6.07, 6.45) is 1.31. The standard InChI is InChI=1S/C12H9Cl2N3O2/c1-19-12(18)7-5-16-11(17-10(7)15)6-2-3-8(13)9(14)4-6/h2-5H,1H3,(H2,15,16,17). The molecule has 0 bridgehead atoms. The molecule has 98 valence electrons. The molecule has 0 aliphatic carbocycles. The molecule has 0 fully saturated rings. The van der Waals surface area contributed by atoms with Crippen molar-refractivity contribution < 1.29 is 9.53 Å². The fourth-order valence-corrected chi connectivity index (χ4v) is 1.73. The van der Waals surface area contributed by atoms with Gasteiger partial charge in [0.2, 0.25) is 0 Å². The number of carbonyl (C=O) groups excluding carboxylic acids is 1. The Morgan fingerprint density at radius 1 is 1.32 bits per heavy atom. The molecule has 1 heterocycles. The Hall–Kier alpha value is -1.85. The number of hydrogen-bond donors (Lipinski definition) is 1. The number of ether oxygens (including phenoxy) is 1. The molecular weight excluding hydrogens is 289 g/mol. The number of halogens is 2. The summed E-state index contributed by atoms with van der Waals surface area (Å²) in [5.74, 6) is -0.190. The number of methoxy groups -OCH3 is 1. The molecule has 0 radical (unpaired) electrons. The van der Waals surface area contributed by atoms with Crippen LogP contribution in [0.1, 0.15) is 10.4 Å². The fourth-order valence-electron chi connectivity index (χ4n) is 1.44. The summed E-state index contributed by atoms with van der Waals surface area (Å²) in [7, 11) is 1.26. The first-order valence-electron chi connectivity index (χ1n) is 5.19. The van der Waals surface area contributed by atoms with Gasteiger partial charge in [-0.15, -0.1) is 0 Å². The van der Waals surface area contributed by atoms with Crippen molar-refractivity contribution >= 4 is 35.0 Å². The third-order valence-corrected chi connectivity index (χ3v) is 3.14. The van der Waals surface area contributed by atoms with E-state index in [4.69, 9.17) is 28.9 Å². The van der Waals surface area contributed by atoms with Crippen molar-refractivity contribution in [3.8, 4) is 11.4 Å². The van der Waals surface area contributed by atoms with Gasteiger partial charge in [-0.2, -0.15) is 0 Å². The molecule has 0 aliphatic rings. The molecule has 5 nitrogen and oxygen atoms in total. The van der Waals surface area contributed by atoms with Gasteiger partial charge in [-0.25, -0.2) is 14.8 Å². The van der Waals surface area contributed by atoms with E-state index in [1.54, 1.807) is 18.2 Å². The van der Waals surface area contributed by atoms with E-state index < -0.39 is 5.97 Å². The van der Waals surface area contributed by atoms with Crippen molar-refractivity contribution in [2.24, 2.45) is 0 Å². The Labute approximate surface area is 119 Å². The van der Waals surface area contributed by atoms with Crippen LogP contribution in [0.5, 0.6) is 0 Å². The van der Waals surface area contributed by atoms with Gasteiger partial charge in [-0.3, -0.25) is 0 Å². The van der Waals surface area contributed by atoms with E-state index >= 15 is 0 Å². The molecular formula is C12H9Cl2N3O2. The molecule has 0 saturated carbocycles. The monoisotopic (exact) mass is 297 g/mol. The summed E-state index contributed by atoms with van der Waals surface area (Å²) in [6.45, 7) is 0. The number of nitrogen functional groups attached to an aromatic ring is 1. The number of anilines is 1. The Kier molecular flexibility index (Phi) is 3.87. The zero-order valence-corrected chi connectivity index (χ0v) is 11.4. The summed E-state index contributed by atoms with van der Waals surface area (Å²) in [4.78, 5) is 19.5. The van der Waals surface area contributed by atoms with Gasteiger partial charge in [0.05, 0.1) is 17.2 Å². The SMILES string of the molecule is COC(=O)c1cnc(-c2ccc(Cl)c(Cl)c2)nc1N. The minimum Gasteiger partial charge on any atom is -0.465 e. The molecule has 2 rings (SSSR count). The second-order valence-electron chi connectivity index (χ2n) is 3.61. The Morgan fingerprint density at radius 3 is 2.63 bits per heavy atom. The average molecular weight is 298 g/mol. The zero-order chi connectivity index (χ0) is 14.0. The van der Waals surface area contributed by atoms with Gasteiger partial charge < -0.3 is 10.5 Å². The highest BCUT2D eigenvalue weighted by atomic mass is 35.5. The lowest BCUT2D eigenvalue weighted by atomic mass is 10.2. The van der Waals surface area contributed by atoms with Crippen LogP contribution in [0.25, 0.3) is 11.4 Å². The van der Waals surface area contributed by atoms with Gasteiger partial charge in [-0.05, 0) is 18.2 Å². The number of hydrogen-bond acceptors (Lipinski definition) is 5. The van der Waals surface area contributed by atoms with Crippen LogP contribution in [-0.4, -0.2) is 23.0 Å². The second kappa shape index (κ2) is 5.42. The molecule has 1 aromatic heterocycles. The predicted octanol–water partition coefficient (Wildman–Crippen LogP) is 2.82. The fraction of sp³-hybridized carbons (Fsp3) is 0.0833. The Balaban J connectivity index is 2.44. The van der Waals surface area contributed by atoms with Crippen LogP contribution in [0.2, 0.25) is 10.0 Å². The molecule has 0 unspecified atom stereocenters. The van der Waals surface area contributed by atoms with Gasteiger partial charge in [0, 0.05) is 11.8 Å². The lowest BCUT2D eigenvalue weighted by Crippen LogP contribution is -2.09. The molecule has 0 aliphatic heterocycles. The highest BCUT2D eigenvalue weighted by molar-refractivity contribution is 6.42. The Morgan fingerprint density at radius 2 is 2.05 bits per heavy atom. The number of nitrogens with two attached hydrogens (primary N) is 1. The van der Waals surface area contributed by atoms with E-state index in [-0.39, 0.29) is 11.4 Å². The second-order valence-corrected chi connectivity index (χ2v) is 4.43. The van der Waals surface area contributed by atoms with Crippen LogP contribution in [0.3, 0.4) is 0 Å². The average Bonchev–Trinajstić information content (AvgIpc) is 2.41. The smallest absolute Gasteiger partial charge is 0.343 e. The number of carbonyl (C=O) groups is 1. The minimum absolute atomic E-state index is 0.0444. The van der Waals surface area contributed by atoms with Crippen LogP contribution < -0.4 is 5.73 Å². The zero-order valence-electron chi connectivity index (χ0n) is 9.85. The lowest BCUT2D eigenvalue weighted by molar-refractivity contribution is 0.0601. The predicted molar refractivity (Wildman–Crippen MR) is 73.2 cm³/mol. The Bertz CT molecular complexity index is 647. The normalized spacial score (nSPS) is 10.3. The van der Waals surface area contributed by atoms with Gasteiger partial charge in [0.25, 0.3) is 0 Å². The number of rotatable bonds is 2. The van der Waals surface area contributed by atoms with Crippen LogP contribution in [0, 0.1) is 0 Å². The summed E-state index contributed by atoms with van der Waals surface area (Å²) < 4.78 is 4.56. The summed E-state index contributed by atoms with van der Waals surface area (Å²) in [5, 5.41) is 0.822. The van der Waals surface area contributed by atoms with Crippen LogP contribution >= 0.6 is 23.2 Å². The highest BCUT2D eigenvalue weighted by Gasteiger charge is 2.13. The van der Waals surface area contributed by atoms with Crippen molar-refractivity contribution in [2.75, 3.05) is 12.8 Å². The number of benzene rings is 1. The molecule has 0 spiro atoms. The first-order chi connectivity index (χ1) is 9.02. The van der Waals surface area contributed by atoms with Crippen LogP contribution in [0.15, 0.2) is 24.4 Å². The molecule has 0 atom stereocenters. The summed E-state index contributed by atoms with van der Waals surface area (Å²) in [6, 6.07) is 4.96. The van der Waals surface area contributed by atoms with Gasteiger partial charge in [0.15, 0.2) is 5.82 Å². The summed E-state index contributed by atoms with van der Waals surface area (Å²) >= 11 is 11.7. The van der Waals surface area contributed by atoms with Crippen molar-refractivity contribution in [1.29, 1.82) is 0 Å². The van der Waals surface area contributed by atoms with E-state index in [9.17, 15) is 4.79 Å². The number of esters is 1. The molecule has 2 aromatic rings. The lowest BCUT2D eigenvalue weighted by Gasteiger charge is -2.06. The minimum atomic E-state index is -0.585. The quantitative estimate of drug-likeness (QED) is 0.862. The topological polar surface area (TPSA) is 78.1 Å². The van der Waals surface area contributed by atoms with Crippen LogP contribution in [-0.2, 0) is 4.74 Å². The van der Waals surface area contributed by atoms with Gasteiger partial charge in [-0.1, -0.05) is 23.2 Å². The maximum absolute atomic E-state index is 11.4. The first kappa shape index (κ1) is 13.6. The molecule has 19 heavy (non-hydrogen) atoms. The number of nitrogens with zero attached hydrogens (tertiary/aromatic N) is 2. The third-order valence-electron chi connectivity index (χ3n) is 2.40. The van der Waals surface area contributed by atoms with Crippen molar-refractivity contribution in [3.63, 3.8) is 0 Å². The molecule has 0 saturated heterocycles. The first-order valence-corrected chi connectivity index (χ1v) is 5.94. The third kappa shape index (κ3) is 2.77. The maximum atomic E-state index is 11.4. The molecule has 0 amide bonds. The van der Waals surface area contributed by atoms with Crippen molar-refractivity contribution in [3.05, 3.63) is 40.0 Å². The van der Waals surface area contributed by atoms with Crippen molar-refractivity contribution in [1.82, 2.24) is 9.97 Å². The van der Waals surface area contributed by atoms with E-state index in [0.717, 1.165) is 0 Å². The molecule has 2 N–H and O–H groups in total. The molecule has 1 aromatic carbocycles. The number of aromatic nitrogens is 2. The summed E-state index contributed by atoms with van der Waals surface area (Å²) in [5.41, 5.74) is 6.46. The highest BCUT2D eigenvalue weighted by Crippen LogP contribution is 2.27. The van der Waals surface area contributed by atoms with Crippen LogP contribution in [0.4, 0.5) is 5.82 Å². The van der Waals surface area contributed by atoms with Crippen molar-refractivity contribution in [2.45, 2.75) is 0 Å². The van der Waals surface area contributed by atoms with E-state index in [1.807, 2.05) is 0 Å².